The van der Waals surface area contributed by atoms with Crippen LogP contribution in [0.4, 0.5) is 5.69 Å². The van der Waals surface area contributed by atoms with Crippen LogP contribution in [0.15, 0.2) is 31.8 Å². The van der Waals surface area contributed by atoms with Crippen LogP contribution >= 0.6 is 54.8 Å². The van der Waals surface area contributed by atoms with Gasteiger partial charge in [-0.1, -0.05) is 11.6 Å². The number of thiophene rings is 1. The van der Waals surface area contributed by atoms with Gasteiger partial charge >= 0.3 is 5.97 Å². The number of carbonyl (C=O) groups is 2. The van der Waals surface area contributed by atoms with Gasteiger partial charge in [-0.15, -0.1) is 11.3 Å². The fraction of sp³-hybridized carbons (Fsp3) is 0. The number of carboxylic acid groups (broad SMARTS) is 1. The Morgan fingerprint density at radius 1 is 1.20 bits per heavy atom. The normalized spacial score (nSPS) is 10.3. The molecule has 0 aliphatic heterocycles. The van der Waals surface area contributed by atoms with Crippen molar-refractivity contribution in [2.45, 2.75) is 0 Å². The predicted molar refractivity (Wildman–Crippen MR) is 86.1 cm³/mol. The van der Waals surface area contributed by atoms with E-state index in [0.29, 0.717) is 15.0 Å². The van der Waals surface area contributed by atoms with Gasteiger partial charge in [-0.25, -0.2) is 4.79 Å². The minimum Gasteiger partial charge on any atom is -0.478 e. The van der Waals surface area contributed by atoms with Gasteiger partial charge < -0.3 is 10.4 Å². The van der Waals surface area contributed by atoms with Gasteiger partial charge in [0.25, 0.3) is 5.91 Å². The molecule has 0 saturated heterocycles. The highest BCUT2D eigenvalue weighted by Gasteiger charge is 2.15. The van der Waals surface area contributed by atoms with Crippen molar-refractivity contribution in [3.05, 3.63) is 48.0 Å². The Bertz CT molecular complexity index is 702. The summed E-state index contributed by atoms with van der Waals surface area (Å²) < 4.78 is 1.53. The van der Waals surface area contributed by atoms with Crippen LogP contribution < -0.4 is 5.32 Å². The third kappa shape index (κ3) is 3.41. The van der Waals surface area contributed by atoms with Crippen molar-refractivity contribution < 1.29 is 14.7 Å². The zero-order valence-electron chi connectivity index (χ0n) is 9.62. The molecule has 0 fully saturated rings. The standard InChI is InChI=1S/C12H6Br2ClNO3S/c13-9-4-7(10(14)20-9)11(17)16-5-1-2-6(12(18)19)8(15)3-5/h1-4H,(H,16,17)(H,18,19). The molecule has 4 nitrogen and oxygen atoms in total. The van der Waals surface area contributed by atoms with E-state index in [0.717, 1.165) is 3.79 Å². The van der Waals surface area contributed by atoms with Gasteiger partial charge in [-0.2, -0.15) is 0 Å². The van der Waals surface area contributed by atoms with E-state index in [9.17, 15) is 9.59 Å². The fourth-order valence-electron chi connectivity index (χ4n) is 1.46. The maximum atomic E-state index is 12.1. The van der Waals surface area contributed by atoms with Gasteiger partial charge in [0.05, 0.1) is 23.7 Å². The molecule has 0 bridgehead atoms. The molecule has 1 heterocycles. The highest BCUT2D eigenvalue weighted by molar-refractivity contribution is 9.12. The van der Waals surface area contributed by atoms with E-state index in [2.05, 4.69) is 37.2 Å². The van der Waals surface area contributed by atoms with Crippen molar-refractivity contribution in [1.82, 2.24) is 0 Å². The Hall–Kier alpha value is -0.890. The molecule has 2 aromatic rings. The monoisotopic (exact) mass is 437 g/mol. The highest BCUT2D eigenvalue weighted by atomic mass is 79.9. The zero-order valence-corrected chi connectivity index (χ0v) is 14.4. The molecule has 2 N–H and O–H groups in total. The average molecular weight is 440 g/mol. The number of amides is 1. The largest absolute Gasteiger partial charge is 0.478 e. The molecule has 0 aliphatic rings. The predicted octanol–water partition coefficient (Wildman–Crippen LogP) is 4.88. The molecule has 1 amide bonds. The second kappa shape index (κ2) is 6.26. The molecule has 0 spiro atoms. The van der Waals surface area contributed by atoms with Gasteiger partial charge in [0, 0.05) is 5.69 Å². The van der Waals surface area contributed by atoms with Crippen LogP contribution in [-0.2, 0) is 0 Å². The minimum absolute atomic E-state index is 0.0101. The third-order valence-electron chi connectivity index (χ3n) is 2.36. The van der Waals surface area contributed by atoms with Crippen LogP contribution in [0.25, 0.3) is 0 Å². The second-order valence-corrected chi connectivity index (χ2v) is 7.85. The van der Waals surface area contributed by atoms with Crippen LogP contribution in [0.2, 0.25) is 5.02 Å². The van der Waals surface area contributed by atoms with E-state index in [-0.39, 0.29) is 16.5 Å². The first-order valence-corrected chi connectivity index (χ1v) is 7.95. The molecule has 8 heteroatoms. The summed E-state index contributed by atoms with van der Waals surface area (Å²) in [5.74, 6) is -1.42. The first-order valence-electron chi connectivity index (χ1n) is 5.17. The Morgan fingerprint density at radius 2 is 1.90 bits per heavy atom. The van der Waals surface area contributed by atoms with Crippen LogP contribution in [0, 0.1) is 0 Å². The molecule has 0 unspecified atom stereocenters. The number of carboxylic acids is 1. The average Bonchev–Trinajstić information content (AvgIpc) is 2.68. The van der Waals surface area contributed by atoms with Crippen molar-refractivity contribution in [3.8, 4) is 0 Å². The molecule has 104 valence electrons. The Kier molecular flexibility index (Phi) is 4.85. The lowest BCUT2D eigenvalue weighted by molar-refractivity contribution is 0.0697. The van der Waals surface area contributed by atoms with Gasteiger partial charge in [-0.05, 0) is 56.1 Å². The molecule has 1 aromatic heterocycles. The Morgan fingerprint density at radius 3 is 2.40 bits per heavy atom. The maximum absolute atomic E-state index is 12.1. The molecule has 20 heavy (non-hydrogen) atoms. The molecule has 0 saturated carbocycles. The lowest BCUT2D eigenvalue weighted by Gasteiger charge is -2.06. The molecule has 0 radical (unpaired) electrons. The van der Waals surface area contributed by atoms with Crippen molar-refractivity contribution in [3.63, 3.8) is 0 Å². The summed E-state index contributed by atoms with van der Waals surface area (Å²) >= 11 is 13.8. The van der Waals surface area contributed by atoms with Crippen LogP contribution in [0.3, 0.4) is 0 Å². The van der Waals surface area contributed by atoms with Crippen LogP contribution in [0.1, 0.15) is 20.7 Å². The van der Waals surface area contributed by atoms with Gasteiger partial charge in [0.2, 0.25) is 0 Å². The van der Waals surface area contributed by atoms with E-state index in [1.165, 1.54) is 29.5 Å². The smallest absolute Gasteiger partial charge is 0.337 e. The summed E-state index contributed by atoms with van der Waals surface area (Å²) in [6.07, 6.45) is 0. The number of halogens is 3. The lowest BCUT2D eigenvalue weighted by atomic mass is 10.2. The minimum atomic E-state index is -1.11. The summed E-state index contributed by atoms with van der Waals surface area (Å²) in [6.45, 7) is 0. The molecule has 1 aromatic carbocycles. The molecule has 0 aliphatic carbocycles. The second-order valence-electron chi connectivity index (χ2n) is 3.69. The SMILES string of the molecule is O=C(O)c1ccc(NC(=O)c2cc(Br)sc2Br)cc1Cl. The Balaban J connectivity index is 2.22. The molecule has 2 rings (SSSR count). The number of rotatable bonds is 3. The van der Waals surface area contributed by atoms with Crippen molar-refractivity contribution >= 4 is 72.4 Å². The number of carbonyl (C=O) groups excluding carboxylic acids is 1. The Labute approximate surface area is 140 Å². The molecule has 0 atom stereocenters. The summed E-state index contributed by atoms with van der Waals surface area (Å²) in [5, 5.41) is 11.6. The first kappa shape index (κ1) is 15.5. The van der Waals surface area contributed by atoms with E-state index < -0.39 is 5.97 Å². The van der Waals surface area contributed by atoms with Crippen molar-refractivity contribution in [1.29, 1.82) is 0 Å². The lowest BCUT2D eigenvalue weighted by Crippen LogP contribution is -2.11. The van der Waals surface area contributed by atoms with Gasteiger partial charge in [0.15, 0.2) is 0 Å². The number of aromatic carboxylic acids is 1. The van der Waals surface area contributed by atoms with Crippen LogP contribution in [-0.4, -0.2) is 17.0 Å². The van der Waals surface area contributed by atoms with E-state index in [1.807, 2.05) is 0 Å². The third-order valence-corrected chi connectivity index (χ3v) is 5.01. The molecular formula is C12H6Br2ClNO3S. The number of hydrogen-bond donors (Lipinski definition) is 2. The van der Waals surface area contributed by atoms with Gasteiger partial charge in [-0.3, -0.25) is 4.79 Å². The number of hydrogen-bond acceptors (Lipinski definition) is 3. The number of nitrogens with one attached hydrogen (secondary N) is 1. The molecular weight excluding hydrogens is 433 g/mol. The number of benzene rings is 1. The summed E-state index contributed by atoms with van der Waals surface area (Å²) in [4.78, 5) is 22.9. The fourth-order valence-corrected chi connectivity index (χ4v) is 4.51. The van der Waals surface area contributed by atoms with E-state index in [4.69, 9.17) is 16.7 Å². The summed E-state index contributed by atoms with van der Waals surface area (Å²) in [7, 11) is 0. The highest BCUT2D eigenvalue weighted by Crippen LogP contribution is 2.32. The summed E-state index contributed by atoms with van der Waals surface area (Å²) in [5.41, 5.74) is 0.906. The van der Waals surface area contributed by atoms with Crippen LogP contribution in [0.5, 0.6) is 0 Å². The van der Waals surface area contributed by atoms with Crippen molar-refractivity contribution in [2.75, 3.05) is 5.32 Å². The summed E-state index contributed by atoms with van der Waals surface area (Å²) in [6, 6.07) is 5.93. The van der Waals surface area contributed by atoms with Gasteiger partial charge in [0.1, 0.15) is 0 Å². The van der Waals surface area contributed by atoms with Crippen molar-refractivity contribution in [2.24, 2.45) is 0 Å². The topological polar surface area (TPSA) is 66.4 Å². The zero-order chi connectivity index (χ0) is 14.9. The first-order chi connectivity index (χ1) is 9.38. The van der Waals surface area contributed by atoms with E-state index >= 15 is 0 Å². The number of anilines is 1. The van der Waals surface area contributed by atoms with E-state index in [1.54, 1.807) is 6.07 Å². The quantitative estimate of drug-likeness (QED) is 0.717. The maximum Gasteiger partial charge on any atom is 0.337 e.